The first-order chi connectivity index (χ1) is 14.8. The third kappa shape index (κ3) is 5.67. The molecule has 2 aliphatic heterocycles. The third-order valence-electron chi connectivity index (χ3n) is 6.46. The van der Waals surface area contributed by atoms with Crippen LogP contribution in [0.2, 0.25) is 0 Å². The maximum absolute atomic E-state index is 13.7. The zero-order valence-electron chi connectivity index (χ0n) is 17.9. The molecule has 2 heterocycles. The van der Waals surface area contributed by atoms with Crippen LogP contribution in [-0.4, -0.2) is 59.4 Å². The molecule has 0 spiro atoms. The van der Waals surface area contributed by atoms with Gasteiger partial charge >= 0.3 is 0 Å². The first kappa shape index (κ1) is 21.5. The number of benzene rings is 2. The molecule has 0 radical (unpaired) electrons. The van der Waals surface area contributed by atoms with E-state index < -0.39 is 0 Å². The summed E-state index contributed by atoms with van der Waals surface area (Å²) in [6.45, 7) is 4.33. The van der Waals surface area contributed by atoms with E-state index in [-0.39, 0.29) is 5.92 Å². The first-order valence-electron chi connectivity index (χ1n) is 11.5. The van der Waals surface area contributed by atoms with Crippen LogP contribution >= 0.6 is 11.8 Å². The van der Waals surface area contributed by atoms with Gasteiger partial charge in [0.1, 0.15) is 0 Å². The molecule has 4 rings (SSSR count). The molecule has 1 unspecified atom stereocenters. The Morgan fingerprint density at radius 3 is 2.13 bits per heavy atom. The second-order valence-electron chi connectivity index (χ2n) is 8.61. The molecule has 2 aromatic carbocycles. The van der Waals surface area contributed by atoms with Crippen LogP contribution in [0.15, 0.2) is 60.7 Å². The molecule has 2 fully saturated rings. The van der Waals surface area contributed by atoms with Crippen LogP contribution < -0.4 is 0 Å². The number of rotatable bonds is 6. The highest BCUT2D eigenvalue weighted by atomic mass is 32.2. The second kappa shape index (κ2) is 11.0. The van der Waals surface area contributed by atoms with Crippen molar-refractivity contribution in [3.05, 3.63) is 71.8 Å². The summed E-state index contributed by atoms with van der Waals surface area (Å²) in [6, 6.07) is 21.4. The van der Waals surface area contributed by atoms with Gasteiger partial charge in [0.25, 0.3) is 0 Å². The van der Waals surface area contributed by atoms with Gasteiger partial charge in [0.15, 0.2) is 0 Å². The fourth-order valence-electron chi connectivity index (χ4n) is 4.84. The molecule has 4 heteroatoms. The summed E-state index contributed by atoms with van der Waals surface area (Å²) < 4.78 is 0. The Labute approximate surface area is 185 Å². The highest BCUT2D eigenvalue weighted by Crippen LogP contribution is 2.30. The van der Waals surface area contributed by atoms with Gasteiger partial charge in [-0.2, -0.15) is 11.8 Å². The summed E-state index contributed by atoms with van der Waals surface area (Å²) in [6.07, 6.45) is 5.62. The highest BCUT2D eigenvalue weighted by Gasteiger charge is 2.30. The van der Waals surface area contributed by atoms with E-state index in [2.05, 4.69) is 58.3 Å². The van der Waals surface area contributed by atoms with Crippen molar-refractivity contribution in [3.8, 4) is 0 Å². The Hall–Kier alpha value is -1.78. The lowest BCUT2D eigenvalue weighted by atomic mass is 9.88. The Morgan fingerprint density at radius 1 is 0.867 bits per heavy atom. The fraction of sp³-hybridized carbons (Fsp3) is 0.500. The number of hydrogen-bond acceptors (Lipinski definition) is 3. The highest BCUT2D eigenvalue weighted by molar-refractivity contribution is 7.99. The molecule has 1 amide bonds. The summed E-state index contributed by atoms with van der Waals surface area (Å²) in [5.41, 5.74) is 2.46. The van der Waals surface area contributed by atoms with E-state index in [1.165, 1.54) is 49.2 Å². The molecule has 0 N–H and O–H groups in total. The second-order valence-corrected chi connectivity index (χ2v) is 9.76. The summed E-state index contributed by atoms with van der Waals surface area (Å²) >= 11 is 2.02. The van der Waals surface area contributed by atoms with Crippen molar-refractivity contribution in [1.29, 1.82) is 0 Å². The molecule has 0 aromatic heterocycles. The Morgan fingerprint density at radius 2 is 1.50 bits per heavy atom. The van der Waals surface area contributed by atoms with Crippen molar-refractivity contribution in [2.24, 2.45) is 0 Å². The molecule has 0 bridgehead atoms. The topological polar surface area (TPSA) is 23.6 Å². The van der Waals surface area contributed by atoms with E-state index in [0.29, 0.717) is 18.4 Å². The zero-order valence-corrected chi connectivity index (χ0v) is 18.7. The summed E-state index contributed by atoms with van der Waals surface area (Å²) in [7, 11) is 0. The van der Waals surface area contributed by atoms with Gasteiger partial charge in [-0.05, 0) is 49.2 Å². The van der Waals surface area contributed by atoms with Gasteiger partial charge in [-0.15, -0.1) is 0 Å². The van der Waals surface area contributed by atoms with Crippen LogP contribution in [0.1, 0.15) is 49.1 Å². The number of thioether (sulfide) groups is 1. The molecule has 2 aromatic rings. The molecular weight excluding hydrogens is 388 g/mol. The van der Waals surface area contributed by atoms with Gasteiger partial charge in [-0.25, -0.2) is 0 Å². The van der Waals surface area contributed by atoms with Gasteiger partial charge < -0.3 is 9.80 Å². The lowest BCUT2D eigenvalue weighted by Crippen LogP contribution is -2.49. The van der Waals surface area contributed by atoms with Gasteiger partial charge in [0.2, 0.25) is 5.91 Å². The van der Waals surface area contributed by atoms with E-state index in [4.69, 9.17) is 0 Å². The van der Waals surface area contributed by atoms with Crippen molar-refractivity contribution < 1.29 is 4.79 Å². The van der Waals surface area contributed by atoms with Crippen LogP contribution in [0, 0.1) is 0 Å². The standard InChI is InChI=1S/C26H34N2OS/c29-26(19-25(22-11-4-1-5-12-22)23-13-6-2-7-14-23)28-17-10-18-30-21-24(28)20-27-15-8-3-9-16-27/h1-2,4-7,11-14,24-25H,3,8-10,15-21H2. The number of hydrogen-bond donors (Lipinski definition) is 0. The maximum atomic E-state index is 13.7. The van der Waals surface area contributed by atoms with Crippen LogP contribution in [0.3, 0.4) is 0 Å². The SMILES string of the molecule is O=C(CC(c1ccccc1)c1ccccc1)N1CCCSCC1CN1CCCCC1. The molecule has 2 aliphatic rings. The average molecular weight is 423 g/mol. The van der Waals surface area contributed by atoms with Crippen molar-refractivity contribution >= 4 is 17.7 Å². The van der Waals surface area contributed by atoms with Crippen molar-refractivity contribution in [1.82, 2.24) is 9.80 Å². The molecule has 160 valence electrons. The van der Waals surface area contributed by atoms with Crippen LogP contribution in [0.25, 0.3) is 0 Å². The van der Waals surface area contributed by atoms with Crippen molar-refractivity contribution in [2.75, 3.05) is 37.7 Å². The lowest BCUT2D eigenvalue weighted by molar-refractivity contribution is -0.133. The number of amides is 1. The summed E-state index contributed by atoms with van der Waals surface area (Å²) in [5, 5.41) is 0. The van der Waals surface area contributed by atoms with Gasteiger partial charge in [0, 0.05) is 31.2 Å². The largest absolute Gasteiger partial charge is 0.338 e. The van der Waals surface area contributed by atoms with E-state index in [0.717, 1.165) is 25.3 Å². The molecular formula is C26H34N2OS. The van der Waals surface area contributed by atoms with Crippen LogP contribution in [0.5, 0.6) is 0 Å². The smallest absolute Gasteiger partial charge is 0.223 e. The van der Waals surface area contributed by atoms with E-state index in [9.17, 15) is 4.79 Å². The third-order valence-corrected chi connectivity index (χ3v) is 7.66. The first-order valence-corrected chi connectivity index (χ1v) is 12.7. The number of carbonyl (C=O) groups excluding carboxylic acids is 1. The monoisotopic (exact) mass is 422 g/mol. The lowest BCUT2D eigenvalue weighted by Gasteiger charge is -2.36. The van der Waals surface area contributed by atoms with Crippen LogP contribution in [-0.2, 0) is 4.79 Å². The minimum absolute atomic E-state index is 0.117. The molecule has 3 nitrogen and oxygen atoms in total. The predicted octanol–water partition coefficient (Wildman–Crippen LogP) is 5.03. The van der Waals surface area contributed by atoms with E-state index in [1.807, 2.05) is 23.9 Å². The minimum Gasteiger partial charge on any atom is -0.338 e. The Kier molecular flexibility index (Phi) is 7.88. The Balaban J connectivity index is 1.52. The van der Waals surface area contributed by atoms with Crippen molar-refractivity contribution in [3.63, 3.8) is 0 Å². The predicted molar refractivity (Wildman–Crippen MR) is 127 cm³/mol. The molecule has 2 saturated heterocycles. The average Bonchev–Trinajstić information content (AvgIpc) is 3.05. The molecule has 0 aliphatic carbocycles. The number of likely N-dealkylation sites (tertiary alicyclic amines) is 1. The van der Waals surface area contributed by atoms with Gasteiger partial charge in [-0.1, -0.05) is 67.1 Å². The van der Waals surface area contributed by atoms with Gasteiger partial charge in [0.05, 0.1) is 6.04 Å². The molecule has 1 atom stereocenters. The van der Waals surface area contributed by atoms with Crippen LogP contribution in [0.4, 0.5) is 0 Å². The number of carbonyl (C=O) groups is 1. The number of piperidine rings is 1. The number of nitrogens with zero attached hydrogens (tertiary/aromatic N) is 2. The van der Waals surface area contributed by atoms with Gasteiger partial charge in [-0.3, -0.25) is 4.79 Å². The Bertz CT molecular complexity index is 737. The van der Waals surface area contributed by atoms with E-state index >= 15 is 0 Å². The fourth-order valence-corrected chi connectivity index (χ4v) is 5.90. The summed E-state index contributed by atoms with van der Waals surface area (Å²) in [4.78, 5) is 18.5. The summed E-state index contributed by atoms with van der Waals surface area (Å²) in [5.74, 6) is 2.67. The van der Waals surface area contributed by atoms with Crippen molar-refractivity contribution in [2.45, 2.75) is 44.1 Å². The zero-order chi connectivity index (χ0) is 20.6. The molecule has 30 heavy (non-hydrogen) atoms. The minimum atomic E-state index is 0.117. The molecule has 0 saturated carbocycles. The maximum Gasteiger partial charge on any atom is 0.223 e. The normalized spacial score (nSPS) is 20.8. The quantitative estimate of drug-likeness (QED) is 0.652. The van der Waals surface area contributed by atoms with E-state index in [1.54, 1.807) is 0 Å².